The fourth-order valence-electron chi connectivity index (χ4n) is 2.92. The standard InChI is InChI=1S/C18H14FN3O2S2/c1-9-14-10(19)4-3-5-12(14)26-15(9)18(24)22(2)8-13-20-11-6-7-25-16(11)17(23)21-13/h3-7H,8H2,1-2H3,(H,20,21,23). The molecule has 8 heteroatoms. The van der Waals surface area contributed by atoms with Gasteiger partial charge in [-0.05, 0) is 36.1 Å². The first-order chi connectivity index (χ1) is 12.5. The molecule has 1 amide bonds. The zero-order valence-electron chi connectivity index (χ0n) is 14.0. The molecule has 0 bridgehead atoms. The lowest BCUT2D eigenvalue weighted by Gasteiger charge is -2.16. The molecule has 132 valence electrons. The molecule has 0 saturated heterocycles. The van der Waals surface area contributed by atoms with Crippen LogP contribution < -0.4 is 5.56 Å². The highest BCUT2D eigenvalue weighted by atomic mass is 32.1. The fraction of sp³-hybridized carbons (Fsp3) is 0.167. The fourth-order valence-corrected chi connectivity index (χ4v) is 4.87. The van der Waals surface area contributed by atoms with Crippen LogP contribution in [0.5, 0.6) is 0 Å². The van der Waals surface area contributed by atoms with Gasteiger partial charge in [-0.1, -0.05) is 6.07 Å². The molecule has 3 heterocycles. The Labute approximate surface area is 155 Å². The average Bonchev–Trinajstić information content (AvgIpc) is 3.20. The number of amides is 1. The van der Waals surface area contributed by atoms with Gasteiger partial charge in [0.2, 0.25) is 0 Å². The summed E-state index contributed by atoms with van der Waals surface area (Å²) >= 11 is 2.60. The van der Waals surface area contributed by atoms with Crippen molar-refractivity contribution in [2.24, 2.45) is 0 Å². The number of thiophene rings is 2. The number of carbonyl (C=O) groups excluding carboxylic acids is 1. The van der Waals surface area contributed by atoms with Gasteiger partial charge in [0.15, 0.2) is 0 Å². The highest BCUT2D eigenvalue weighted by Crippen LogP contribution is 2.33. The minimum Gasteiger partial charge on any atom is -0.334 e. The summed E-state index contributed by atoms with van der Waals surface area (Å²) in [5.41, 5.74) is 1.05. The average molecular weight is 387 g/mol. The van der Waals surface area contributed by atoms with Crippen LogP contribution in [0.2, 0.25) is 0 Å². The molecule has 1 aromatic carbocycles. The second-order valence-corrected chi connectivity index (χ2v) is 7.95. The minimum atomic E-state index is -0.327. The summed E-state index contributed by atoms with van der Waals surface area (Å²) < 4.78 is 15.4. The molecule has 0 fully saturated rings. The number of hydrogen-bond donors (Lipinski definition) is 1. The first-order valence-electron chi connectivity index (χ1n) is 7.85. The lowest BCUT2D eigenvalue weighted by atomic mass is 10.1. The van der Waals surface area contributed by atoms with Crippen LogP contribution >= 0.6 is 22.7 Å². The van der Waals surface area contributed by atoms with Crippen molar-refractivity contribution in [2.75, 3.05) is 7.05 Å². The van der Waals surface area contributed by atoms with E-state index in [4.69, 9.17) is 0 Å². The van der Waals surface area contributed by atoms with Crippen molar-refractivity contribution in [1.29, 1.82) is 0 Å². The molecule has 4 aromatic rings. The molecule has 1 N–H and O–H groups in total. The number of carbonyl (C=O) groups is 1. The normalized spacial score (nSPS) is 11.3. The van der Waals surface area contributed by atoms with Crippen molar-refractivity contribution in [3.63, 3.8) is 0 Å². The summed E-state index contributed by atoms with van der Waals surface area (Å²) in [5.74, 6) is -0.135. The Morgan fingerprint density at radius 2 is 2.15 bits per heavy atom. The third-order valence-electron chi connectivity index (χ3n) is 4.19. The lowest BCUT2D eigenvalue weighted by molar-refractivity contribution is 0.0786. The maximum Gasteiger partial charge on any atom is 0.268 e. The molecule has 0 saturated carbocycles. The molecule has 0 unspecified atom stereocenters. The number of hydrogen-bond acceptors (Lipinski definition) is 5. The molecule has 0 aliphatic rings. The van der Waals surface area contributed by atoms with Crippen LogP contribution in [0.3, 0.4) is 0 Å². The summed E-state index contributed by atoms with van der Waals surface area (Å²) in [6.07, 6.45) is 0. The Morgan fingerprint density at radius 1 is 1.35 bits per heavy atom. The number of nitrogens with zero attached hydrogens (tertiary/aromatic N) is 2. The van der Waals surface area contributed by atoms with Crippen molar-refractivity contribution in [3.05, 3.63) is 62.1 Å². The Kier molecular flexibility index (Phi) is 4.08. The quantitative estimate of drug-likeness (QED) is 0.579. The van der Waals surface area contributed by atoms with Crippen molar-refractivity contribution in [2.45, 2.75) is 13.5 Å². The molecule has 0 aliphatic carbocycles. The summed E-state index contributed by atoms with van der Waals surface area (Å²) in [7, 11) is 1.64. The number of H-pyrrole nitrogens is 1. The molecule has 0 radical (unpaired) electrons. The smallest absolute Gasteiger partial charge is 0.268 e. The second-order valence-electron chi connectivity index (χ2n) is 5.98. The summed E-state index contributed by atoms with van der Waals surface area (Å²) in [6.45, 7) is 1.91. The van der Waals surface area contributed by atoms with Gasteiger partial charge in [0.1, 0.15) is 16.3 Å². The molecule has 5 nitrogen and oxygen atoms in total. The molecule has 3 aromatic heterocycles. The predicted molar refractivity (Wildman–Crippen MR) is 103 cm³/mol. The van der Waals surface area contributed by atoms with E-state index in [2.05, 4.69) is 9.97 Å². The van der Waals surface area contributed by atoms with Gasteiger partial charge in [-0.3, -0.25) is 9.59 Å². The Balaban J connectivity index is 1.66. The van der Waals surface area contributed by atoms with E-state index >= 15 is 0 Å². The SMILES string of the molecule is Cc1c(C(=O)N(C)Cc2nc3ccsc3c(=O)[nH]2)sc2cccc(F)c12. The van der Waals surface area contributed by atoms with Gasteiger partial charge < -0.3 is 9.88 Å². The summed E-state index contributed by atoms with van der Waals surface area (Å²) in [6, 6.07) is 6.61. The van der Waals surface area contributed by atoms with E-state index in [1.54, 1.807) is 37.6 Å². The van der Waals surface area contributed by atoms with Crippen molar-refractivity contribution >= 4 is 48.9 Å². The van der Waals surface area contributed by atoms with Gasteiger partial charge in [0.25, 0.3) is 11.5 Å². The van der Waals surface area contributed by atoms with E-state index < -0.39 is 0 Å². The van der Waals surface area contributed by atoms with Crippen LogP contribution in [0.1, 0.15) is 21.1 Å². The molecule has 4 rings (SSSR count). The van der Waals surface area contributed by atoms with Crippen LogP contribution in [-0.2, 0) is 6.54 Å². The number of nitrogens with one attached hydrogen (secondary N) is 1. The number of halogens is 1. The second kappa shape index (κ2) is 6.30. The molecule has 26 heavy (non-hydrogen) atoms. The van der Waals surface area contributed by atoms with E-state index in [9.17, 15) is 14.0 Å². The van der Waals surface area contributed by atoms with Crippen LogP contribution in [0.4, 0.5) is 4.39 Å². The summed E-state index contributed by atoms with van der Waals surface area (Å²) in [5, 5.41) is 2.29. The maximum atomic E-state index is 14.1. The van der Waals surface area contributed by atoms with E-state index in [1.165, 1.54) is 33.6 Å². The highest BCUT2D eigenvalue weighted by Gasteiger charge is 2.21. The van der Waals surface area contributed by atoms with Gasteiger partial charge in [0.05, 0.1) is 16.9 Å². The van der Waals surface area contributed by atoms with Crippen molar-refractivity contribution in [3.8, 4) is 0 Å². The topological polar surface area (TPSA) is 66.1 Å². The Morgan fingerprint density at radius 3 is 2.92 bits per heavy atom. The largest absolute Gasteiger partial charge is 0.334 e. The molecule has 0 spiro atoms. The molecule has 0 aliphatic heterocycles. The van der Waals surface area contributed by atoms with Crippen molar-refractivity contribution in [1.82, 2.24) is 14.9 Å². The van der Waals surface area contributed by atoms with Crippen LogP contribution in [0.25, 0.3) is 20.3 Å². The maximum absolute atomic E-state index is 14.1. The number of aryl methyl sites for hydroxylation is 1. The van der Waals surface area contributed by atoms with Gasteiger partial charge in [-0.15, -0.1) is 22.7 Å². The lowest BCUT2D eigenvalue weighted by Crippen LogP contribution is -2.28. The number of fused-ring (bicyclic) bond motifs is 2. The van der Waals surface area contributed by atoms with Gasteiger partial charge in [-0.25, -0.2) is 9.37 Å². The zero-order chi connectivity index (χ0) is 18.4. The Bertz CT molecular complexity index is 1210. The van der Waals surface area contributed by atoms with Crippen LogP contribution in [0.15, 0.2) is 34.4 Å². The third-order valence-corrected chi connectivity index (χ3v) is 6.34. The van der Waals surface area contributed by atoms with Crippen LogP contribution in [0, 0.1) is 12.7 Å². The zero-order valence-corrected chi connectivity index (χ0v) is 15.6. The third kappa shape index (κ3) is 2.71. The molecular formula is C18H14FN3O2S2. The molecular weight excluding hydrogens is 373 g/mol. The molecule has 0 atom stereocenters. The van der Waals surface area contributed by atoms with Crippen molar-refractivity contribution < 1.29 is 9.18 Å². The number of benzene rings is 1. The number of rotatable bonds is 3. The minimum absolute atomic E-state index is 0.163. The van der Waals surface area contributed by atoms with E-state index in [0.29, 0.717) is 31.9 Å². The monoisotopic (exact) mass is 387 g/mol. The number of aromatic nitrogens is 2. The van der Waals surface area contributed by atoms with Gasteiger partial charge in [-0.2, -0.15) is 0 Å². The van der Waals surface area contributed by atoms with E-state index in [0.717, 1.165) is 4.70 Å². The first kappa shape index (κ1) is 16.9. The predicted octanol–water partition coefficient (Wildman–Crippen LogP) is 3.92. The van der Waals surface area contributed by atoms with Crippen LogP contribution in [-0.4, -0.2) is 27.8 Å². The van der Waals surface area contributed by atoms with Gasteiger partial charge >= 0.3 is 0 Å². The highest BCUT2D eigenvalue weighted by molar-refractivity contribution is 7.21. The Hall–Kier alpha value is -2.58. The number of aromatic amines is 1. The van der Waals surface area contributed by atoms with Gasteiger partial charge in [0, 0.05) is 17.1 Å². The first-order valence-corrected chi connectivity index (χ1v) is 9.55. The van der Waals surface area contributed by atoms with E-state index in [1.807, 2.05) is 0 Å². The summed E-state index contributed by atoms with van der Waals surface area (Å²) in [4.78, 5) is 34.0. The van der Waals surface area contributed by atoms with E-state index in [-0.39, 0.29) is 23.8 Å².